The maximum Gasteiger partial charge on any atom is 0.226 e. The molecule has 2 aromatic heterocycles. The topological polar surface area (TPSA) is 147 Å². The SMILES string of the molecule is CCn1nnc2c(NCc3cc(O)c(Cl)cc3O)nc(NCC(C)N)nc21. The van der Waals surface area contributed by atoms with Crippen LogP contribution in [0.15, 0.2) is 12.1 Å². The van der Waals surface area contributed by atoms with Crippen molar-refractivity contribution in [2.45, 2.75) is 33.0 Å². The predicted octanol–water partition coefficient (Wildman–Crippen LogP) is 1.68. The molecule has 0 spiro atoms. The van der Waals surface area contributed by atoms with Gasteiger partial charge in [0, 0.05) is 37.3 Å². The van der Waals surface area contributed by atoms with Crippen LogP contribution in [-0.4, -0.2) is 47.8 Å². The zero-order chi connectivity index (χ0) is 19.6. The van der Waals surface area contributed by atoms with Crippen molar-refractivity contribution in [1.29, 1.82) is 0 Å². The predicted molar refractivity (Wildman–Crippen MR) is 103 cm³/mol. The molecule has 3 rings (SSSR count). The molecule has 0 aliphatic rings. The lowest BCUT2D eigenvalue weighted by molar-refractivity contribution is 0.455. The van der Waals surface area contributed by atoms with Crippen molar-refractivity contribution < 1.29 is 10.2 Å². The van der Waals surface area contributed by atoms with Crippen LogP contribution in [-0.2, 0) is 13.1 Å². The van der Waals surface area contributed by atoms with Crippen molar-refractivity contribution in [1.82, 2.24) is 25.0 Å². The first kappa shape index (κ1) is 18.9. The lowest BCUT2D eigenvalue weighted by Crippen LogP contribution is -2.26. The number of nitrogens with zero attached hydrogens (tertiary/aromatic N) is 5. The Bertz CT molecular complexity index is 959. The molecule has 0 saturated heterocycles. The zero-order valence-corrected chi connectivity index (χ0v) is 15.7. The summed E-state index contributed by atoms with van der Waals surface area (Å²) in [6.45, 7) is 5.11. The molecule has 0 radical (unpaired) electrons. The molecule has 0 bridgehead atoms. The van der Waals surface area contributed by atoms with E-state index in [1.54, 1.807) is 4.68 Å². The average molecular weight is 393 g/mol. The summed E-state index contributed by atoms with van der Waals surface area (Å²) in [5.74, 6) is 0.682. The van der Waals surface area contributed by atoms with Gasteiger partial charge in [-0.2, -0.15) is 9.97 Å². The number of anilines is 2. The van der Waals surface area contributed by atoms with Gasteiger partial charge in [0.1, 0.15) is 11.5 Å². The molecule has 3 aromatic rings. The smallest absolute Gasteiger partial charge is 0.226 e. The molecule has 0 aliphatic heterocycles. The lowest BCUT2D eigenvalue weighted by atomic mass is 10.2. The summed E-state index contributed by atoms with van der Waals surface area (Å²) in [5, 5.41) is 34.2. The van der Waals surface area contributed by atoms with E-state index >= 15 is 0 Å². The fourth-order valence-corrected chi connectivity index (χ4v) is 2.60. The minimum atomic E-state index is -0.115. The number of aromatic nitrogens is 5. The highest BCUT2D eigenvalue weighted by Gasteiger charge is 2.15. The van der Waals surface area contributed by atoms with E-state index in [-0.39, 0.29) is 29.1 Å². The molecule has 144 valence electrons. The number of aromatic hydroxyl groups is 2. The zero-order valence-electron chi connectivity index (χ0n) is 14.9. The fourth-order valence-electron chi connectivity index (χ4n) is 2.44. The standard InChI is InChI=1S/C16H21ClN8O2/c1-3-25-15-13(23-24-25)14(21-16(22-15)20-6-8(2)18)19-7-9-4-12(27)10(17)5-11(9)26/h4-5,8,26-27H,3,6-7,18H2,1-2H3,(H2,19,20,21,22). The van der Waals surface area contributed by atoms with Crippen molar-refractivity contribution >= 4 is 34.5 Å². The second kappa shape index (κ2) is 7.80. The number of aryl methyl sites for hydroxylation is 1. The Labute approximate surface area is 160 Å². The summed E-state index contributed by atoms with van der Waals surface area (Å²) >= 11 is 5.79. The van der Waals surface area contributed by atoms with Gasteiger partial charge in [0.05, 0.1) is 5.02 Å². The van der Waals surface area contributed by atoms with Gasteiger partial charge >= 0.3 is 0 Å². The van der Waals surface area contributed by atoms with Crippen LogP contribution in [0.1, 0.15) is 19.4 Å². The van der Waals surface area contributed by atoms with Gasteiger partial charge in [-0.05, 0) is 19.9 Å². The number of phenols is 2. The van der Waals surface area contributed by atoms with E-state index in [2.05, 4.69) is 30.9 Å². The third-order valence-corrected chi connectivity index (χ3v) is 4.14. The molecule has 1 atom stereocenters. The minimum absolute atomic E-state index is 0.0388. The summed E-state index contributed by atoms with van der Waals surface area (Å²) < 4.78 is 1.66. The largest absolute Gasteiger partial charge is 0.508 e. The van der Waals surface area contributed by atoms with Gasteiger partial charge in [-0.25, -0.2) is 4.68 Å². The fraction of sp³-hybridized carbons (Fsp3) is 0.375. The Kier molecular flexibility index (Phi) is 5.47. The molecule has 0 aliphatic carbocycles. The highest BCUT2D eigenvalue weighted by Crippen LogP contribution is 2.31. The molecule has 0 fully saturated rings. The van der Waals surface area contributed by atoms with Gasteiger partial charge in [-0.1, -0.05) is 16.8 Å². The number of benzene rings is 1. The molecule has 0 amide bonds. The Balaban J connectivity index is 1.92. The van der Waals surface area contributed by atoms with Gasteiger partial charge in [0.2, 0.25) is 5.95 Å². The molecular weight excluding hydrogens is 372 g/mol. The van der Waals surface area contributed by atoms with Crippen LogP contribution < -0.4 is 16.4 Å². The normalized spacial score (nSPS) is 12.3. The number of phenolic OH excluding ortho intramolecular Hbond substituents is 2. The highest BCUT2D eigenvalue weighted by molar-refractivity contribution is 6.32. The van der Waals surface area contributed by atoms with Crippen LogP contribution in [0.4, 0.5) is 11.8 Å². The third kappa shape index (κ3) is 4.12. The van der Waals surface area contributed by atoms with Gasteiger partial charge in [0.15, 0.2) is 17.0 Å². The van der Waals surface area contributed by atoms with Gasteiger partial charge in [-0.3, -0.25) is 0 Å². The van der Waals surface area contributed by atoms with Gasteiger partial charge < -0.3 is 26.6 Å². The average Bonchev–Trinajstić information content (AvgIpc) is 3.04. The van der Waals surface area contributed by atoms with E-state index in [1.165, 1.54) is 12.1 Å². The van der Waals surface area contributed by atoms with Crippen LogP contribution in [0.3, 0.4) is 0 Å². The van der Waals surface area contributed by atoms with Crippen molar-refractivity contribution in [3.05, 3.63) is 22.7 Å². The van der Waals surface area contributed by atoms with E-state index < -0.39 is 0 Å². The maximum atomic E-state index is 10.0. The molecule has 27 heavy (non-hydrogen) atoms. The van der Waals surface area contributed by atoms with Crippen LogP contribution in [0, 0.1) is 0 Å². The van der Waals surface area contributed by atoms with Crippen molar-refractivity contribution in [3.8, 4) is 11.5 Å². The Morgan fingerprint density at radius 2 is 2.00 bits per heavy atom. The monoisotopic (exact) mass is 392 g/mol. The van der Waals surface area contributed by atoms with Gasteiger partial charge in [-0.15, -0.1) is 5.10 Å². The van der Waals surface area contributed by atoms with Crippen molar-refractivity contribution in [2.75, 3.05) is 17.2 Å². The van der Waals surface area contributed by atoms with E-state index in [1.807, 2.05) is 13.8 Å². The Morgan fingerprint density at radius 3 is 2.70 bits per heavy atom. The number of halogens is 1. The molecule has 11 heteroatoms. The molecule has 6 N–H and O–H groups in total. The van der Waals surface area contributed by atoms with Crippen LogP contribution in [0.5, 0.6) is 11.5 Å². The summed E-state index contributed by atoms with van der Waals surface area (Å²) in [5.41, 5.74) is 7.31. The van der Waals surface area contributed by atoms with E-state index in [4.69, 9.17) is 17.3 Å². The van der Waals surface area contributed by atoms with Crippen LogP contribution in [0.25, 0.3) is 11.2 Å². The number of hydrogen-bond acceptors (Lipinski definition) is 9. The summed E-state index contributed by atoms with van der Waals surface area (Å²) in [6, 6.07) is 2.61. The number of hydrogen-bond donors (Lipinski definition) is 5. The quantitative estimate of drug-likeness (QED) is 0.378. The van der Waals surface area contributed by atoms with Crippen molar-refractivity contribution in [2.24, 2.45) is 5.73 Å². The minimum Gasteiger partial charge on any atom is -0.508 e. The summed E-state index contributed by atoms with van der Waals surface area (Å²) in [7, 11) is 0. The Morgan fingerprint density at radius 1 is 1.22 bits per heavy atom. The molecule has 10 nitrogen and oxygen atoms in total. The second-order valence-corrected chi connectivity index (χ2v) is 6.52. The van der Waals surface area contributed by atoms with Crippen LogP contribution in [0.2, 0.25) is 5.02 Å². The number of fused-ring (bicyclic) bond motifs is 1. The van der Waals surface area contributed by atoms with Crippen molar-refractivity contribution in [3.63, 3.8) is 0 Å². The first-order valence-electron chi connectivity index (χ1n) is 8.44. The molecule has 2 heterocycles. The van der Waals surface area contributed by atoms with E-state index in [9.17, 15) is 10.2 Å². The molecule has 1 aromatic carbocycles. The molecule has 0 saturated carbocycles. The highest BCUT2D eigenvalue weighted by atomic mass is 35.5. The van der Waals surface area contributed by atoms with Crippen LogP contribution >= 0.6 is 11.6 Å². The third-order valence-electron chi connectivity index (χ3n) is 3.84. The number of rotatable bonds is 7. The summed E-state index contributed by atoms with van der Waals surface area (Å²) in [4.78, 5) is 8.88. The van der Waals surface area contributed by atoms with Gasteiger partial charge in [0.25, 0.3) is 0 Å². The number of nitrogens with one attached hydrogen (secondary N) is 2. The first-order chi connectivity index (χ1) is 12.9. The Hall–Kier alpha value is -2.85. The second-order valence-electron chi connectivity index (χ2n) is 6.12. The number of nitrogens with two attached hydrogens (primary N) is 1. The maximum absolute atomic E-state index is 10.0. The first-order valence-corrected chi connectivity index (χ1v) is 8.81. The summed E-state index contributed by atoms with van der Waals surface area (Å²) in [6.07, 6.45) is 0. The molecular formula is C16H21ClN8O2. The lowest BCUT2D eigenvalue weighted by Gasteiger charge is -2.12. The van der Waals surface area contributed by atoms with E-state index in [0.29, 0.717) is 41.6 Å². The molecule has 1 unspecified atom stereocenters. The van der Waals surface area contributed by atoms with E-state index in [0.717, 1.165) is 0 Å².